The van der Waals surface area contributed by atoms with Crippen molar-refractivity contribution in [3.63, 3.8) is 0 Å². The SMILES string of the molecule is CC1C(=O)N2C(C(=O)O)=CCS[C@@H]12.c1ccncc1.c1ccoc1. The number of carboxylic acids is 1. The summed E-state index contributed by atoms with van der Waals surface area (Å²) in [5.41, 5.74) is 0.145. The molecule has 4 rings (SSSR count). The van der Waals surface area contributed by atoms with Gasteiger partial charge in [0.15, 0.2) is 0 Å². The van der Waals surface area contributed by atoms with E-state index in [0.717, 1.165) is 0 Å². The minimum atomic E-state index is -1.01. The van der Waals surface area contributed by atoms with Crippen LogP contribution >= 0.6 is 11.8 Å². The first-order valence-electron chi connectivity index (χ1n) is 7.33. The fourth-order valence-corrected chi connectivity index (χ4v) is 3.36. The molecule has 2 atom stereocenters. The lowest BCUT2D eigenvalue weighted by atomic mass is 9.99. The van der Waals surface area contributed by atoms with Crippen LogP contribution in [0.5, 0.6) is 0 Å². The molecular formula is C17H18N2O4S. The van der Waals surface area contributed by atoms with Gasteiger partial charge in [0.2, 0.25) is 5.91 Å². The lowest BCUT2D eigenvalue weighted by Crippen LogP contribution is -2.59. The van der Waals surface area contributed by atoms with Crippen LogP contribution < -0.4 is 0 Å². The number of β-lactam (4-membered cyclic amide) rings is 1. The molecule has 1 unspecified atom stereocenters. The third-order valence-electron chi connectivity index (χ3n) is 3.32. The van der Waals surface area contributed by atoms with Crippen LogP contribution in [0.2, 0.25) is 0 Å². The van der Waals surface area contributed by atoms with E-state index < -0.39 is 5.97 Å². The van der Waals surface area contributed by atoms with Crippen LogP contribution in [0.15, 0.2) is 71.4 Å². The Labute approximate surface area is 144 Å². The van der Waals surface area contributed by atoms with E-state index >= 15 is 0 Å². The van der Waals surface area contributed by atoms with Crippen LogP contribution in [0.25, 0.3) is 0 Å². The standard InChI is InChI=1S/C8H9NO3S.C5H5N.C4H4O/c1-4-6(10)9-5(8(11)12)2-3-13-7(4)9;1-2-4-6-5-3-1;1-2-4-5-3-1/h2,4,7H,3H2,1H3,(H,11,12);1-5H;1-4H/t4?,7-;;/m0../s1. The average molecular weight is 346 g/mol. The maximum atomic E-state index is 11.3. The summed E-state index contributed by atoms with van der Waals surface area (Å²) in [5, 5.41) is 8.84. The first kappa shape index (κ1) is 17.8. The van der Waals surface area contributed by atoms with Crippen LogP contribution in [0.3, 0.4) is 0 Å². The van der Waals surface area contributed by atoms with Crippen LogP contribution in [0.4, 0.5) is 0 Å². The van der Waals surface area contributed by atoms with Crippen LogP contribution in [-0.4, -0.2) is 38.0 Å². The Morgan fingerprint density at radius 3 is 2.33 bits per heavy atom. The molecule has 2 aliphatic rings. The molecule has 2 aromatic rings. The molecule has 0 aliphatic carbocycles. The predicted molar refractivity (Wildman–Crippen MR) is 90.9 cm³/mol. The predicted octanol–water partition coefficient (Wildman–Crippen LogP) is 2.87. The van der Waals surface area contributed by atoms with E-state index in [9.17, 15) is 9.59 Å². The Hall–Kier alpha value is -2.54. The maximum Gasteiger partial charge on any atom is 0.352 e. The molecular weight excluding hydrogens is 328 g/mol. The highest BCUT2D eigenvalue weighted by molar-refractivity contribution is 8.00. The molecule has 7 heteroatoms. The number of hydrogen-bond acceptors (Lipinski definition) is 5. The summed E-state index contributed by atoms with van der Waals surface area (Å²) in [4.78, 5) is 27.2. The Balaban J connectivity index is 0.000000156. The Morgan fingerprint density at radius 1 is 1.25 bits per heavy atom. The van der Waals surface area contributed by atoms with Crippen molar-refractivity contribution in [1.82, 2.24) is 9.88 Å². The van der Waals surface area contributed by atoms with Crippen molar-refractivity contribution in [2.24, 2.45) is 5.92 Å². The number of nitrogens with zero attached hydrogens (tertiary/aromatic N) is 2. The largest absolute Gasteiger partial charge is 0.477 e. The monoisotopic (exact) mass is 346 g/mol. The first-order valence-corrected chi connectivity index (χ1v) is 8.38. The number of carbonyl (C=O) groups is 2. The minimum Gasteiger partial charge on any atom is -0.477 e. The molecule has 0 saturated carbocycles. The normalized spacial score (nSPS) is 21.0. The van der Waals surface area contributed by atoms with Gasteiger partial charge in [-0.05, 0) is 30.3 Å². The summed E-state index contributed by atoms with van der Waals surface area (Å²) < 4.78 is 4.58. The van der Waals surface area contributed by atoms with Gasteiger partial charge in [0.1, 0.15) is 5.70 Å². The topological polar surface area (TPSA) is 83.6 Å². The van der Waals surface area contributed by atoms with Crippen molar-refractivity contribution >= 4 is 23.6 Å². The summed E-state index contributed by atoms with van der Waals surface area (Å²) in [5.74, 6) is -0.440. The quantitative estimate of drug-likeness (QED) is 0.800. The molecule has 6 nitrogen and oxygen atoms in total. The van der Waals surface area contributed by atoms with Gasteiger partial charge in [-0.1, -0.05) is 13.0 Å². The van der Waals surface area contributed by atoms with Gasteiger partial charge >= 0.3 is 5.97 Å². The van der Waals surface area contributed by atoms with Gasteiger partial charge in [0, 0.05) is 18.1 Å². The van der Waals surface area contributed by atoms with Gasteiger partial charge in [-0.2, -0.15) is 0 Å². The number of furan rings is 1. The van der Waals surface area contributed by atoms with E-state index in [1.807, 2.05) is 37.3 Å². The number of amides is 1. The average Bonchev–Trinajstić information content (AvgIpc) is 3.22. The number of aromatic nitrogens is 1. The fourth-order valence-electron chi connectivity index (χ4n) is 2.14. The van der Waals surface area contributed by atoms with E-state index in [-0.39, 0.29) is 22.9 Å². The van der Waals surface area contributed by atoms with E-state index in [0.29, 0.717) is 5.75 Å². The molecule has 1 N–H and O–H groups in total. The molecule has 4 heterocycles. The van der Waals surface area contributed by atoms with E-state index in [1.54, 1.807) is 42.8 Å². The summed E-state index contributed by atoms with van der Waals surface area (Å²) >= 11 is 1.61. The van der Waals surface area contributed by atoms with Crippen molar-refractivity contribution in [2.75, 3.05) is 5.75 Å². The molecule has 0 radical (unpaired) electrons. The van der Waals surface area contributed by atoms with Crippen molar-refractivity contribution in [3.05, 3.63) is 67.0 Å². The number of fused-ring (bicyclic) bond motifs is 1. The van der Waals surface area contributed by atoms with Gasteiger partial charge in [-0.3, -0.25) is 14.7 Å². The summed E-state index contributed by atoms with van der Waals surface area (Å²) in [6, 6.07) is 9.38. The van der Waals surface area contributed by atoms with Crippen LogP contribution in [0.1, 0.15) is 6.92 Å². The van der Waals surface area contributed by atoms with E-state index in [1.165, 1.54) is 4.90 Å². The highest BCUT2D eigenvalue weighted by Crippen LogP contribution is 2.40. The molecule has 2 aliphatic heterocycles. The molecule has 1 amide bonds. The minimum absolute atomic E-state index is 0.0342. The highest BCUT2D eigenvalue weighted by Gasteiger charge is 2.49. The van der Waals surface area contributed by atoms with Crippen molar-refractivity contribution in [1.29, 1.82) is 0 Å². The number of carboxylic acid groups (broad SMARTS) is 1. The van der Waals surface area contributed by atoms with E-state index in [2.05, 4.69) is 9.40 Å². The second kappa shape index (κ2) is 8.93. The molecule has 24 heavy (non-hydrogen) atoms. The number of carbonyl (C=O) groups excluding carboxylic acids is 1. The number of hydrogen-bond donors (Lipinski definition) is 1. The lowest BCUT2D eigenvalue weighted by Gasteiger charge is -2.47. The van der Waals surface area contributed by atoms with Gasteiger partial charge in [-0.25, -0.2) is 4.79 Å². The van der Waals surface area contributed by atoms with Crippen molar-refractivity contribution in [2.45, 2.75) is 12.3 Å². The fraction of sp³-hybridized carbons (Fsp3) is 0.235. The van der Waals surface area contributed by atoms with Crippen LogP contribution in [0, 0.1) is 5.92 Å². The lowest BCUT2D eigenvalue weighted by molar-refractivity contribution is -0.151. The zero-order valence-corrected chi connectivity index (χ0v) is 13.9. The Bertz CT molecular complexity index is 629. The summed E-state index contributed by atoms with van der Waals surface area (Å²) in [7, 11) is 0. The summed E-state index contributed by atoms with van der Waals surface area (Å²) in [6.07, 6.45) is 8.34. The van der Waals surface area contributed by atoms with Crippen LogP contribution in [-0.2, 0) is 9.59 Å². The molecule has 0 spiro atoms. The Kier molecular flexibility index (Phi) is 6.62. The second-order valence-corrected chi connectivity index (χ2v) is 6.08. The van der Waals surface area contributed by atoms with E-state index in [4.69, 9.17) is 5.11 Å². The number of rotatable bonds is 1. The number of aliphatic carboxylic acids is 1. The third-order valence-corrected chi connectivity index (χ3v) is 4.64. The van der Waals surface area contributed by atoms with Gasteiger partial charge in [0.25, 0.3) is 0 Å². The Morgan fingerprint density at radius 2 is 1.92 bits per heavy atom. The molecule has 1 saturated heterocycles. The number of thioether (sulfide) groups is 1. The number of pyridine rings is 1. The highest BCUT2D eigenvalue weighted by atomic mass is 32.2. The maximum absolute atomic E-state index is 11.3. The molecule has 1 fully saturated rings. The van der Waals surface area contributed by atoms with Gasteiger partial charge in [0.05, 0.1) is 23.8 Å². The summed E-state index contributed by atoms with van der Waals surface area (Å²) in [6.45, 7) is 1.83. The molecule has 126 valence electrons. The zero-order chi connectivity index (χ0) is 17.4. The van der Waals surface area contributed by atoms with Gasteiger partial charge in [-0.15, -0.1) is 11.8 Å². The molecule has 0 bridgehead atoms. The van der Waals surface area contributed by atoms with Crippen molar-refractivity contribution in [3.8, 4) is 0 Å². The zero-order valence-electron chi connectivity index (χ0n) is 13.1. The van der Waals surface area contributed by atoms with Crippen molar-refractivity contribution < 1.29 is 19.1 Å². The second-order valence-electron chi connectivity index (χ2n) is 4.93. The van der Waals surface area contributed by atoms with Gasteiger partial charge < -0.3 is 9.52 Å². The molecule has 2 aromatic heterocycles. The molecule has 0 aromatic carbocycles. The third kappa shape index (κ3) is 4.48. The smallest absolute Gasteiger partial charge is 0.352 e. The first-order chi connectivity index (χ1) is 11.6.